The van der Waals surface area contributed by atoms with Gasteiger partial charge in [-0.3, -0.25) is 0 Å². The van der Waals surface area contributed by atoms with E-state index in [1.54, 1.807) is 0 Å². The first kappa shape index (κ1) is 13.1. The van der Waals surface area contributed by atoms with Gasteiger partial charge in [0.05, 0.1) is 6.61 Å². The highest BCUT2D eigenvalue weighted by molar-refractivity contribution is 5.42. The molecule has 0 spiro atoms. The van der Waals surface area contributed by atoms with E-state index in [-0.39, 0.29) is 0 Å². The molecule has 1 aromatic rings. The molecule has 0 aliphatic heterocycles. The van der Waals surface area contributed by atoms with Crippen molar-refractivity contribution in [2.75, 3.05) is 6.61 Å². The highest BCUT2D eigenvalue weighted by Gasteiger charge is 2.13. The Morgan fingerprint density at radius 2 is 1.94 bits per heavy atom. The van der Waals surface area contributed by atoms with Crippen molar-refractivity contribution in [2.45, 2.75) is 52.9 Å². The van der Waals surface area contributed by atoms with Crippen molar-refractivity contribution in [1.29, 1.82) is 0 Å². The molecule has 1 nitrogen and oxygen atoms in total. The summed E-state index contributed by atoms with van der Waals surface area (Å²) in [7, 11) is 0. The fraction of sp³-hybridized carbons (Fsp3) is 0.600. The summed E-state index contributed by atoms with van der Waals surface area (Å²) in [6.45, 7) is 9.67. The first-order valence-corrected chi connectivity index (χ1v) is 6.43. The van der Waals surface area contributed by atoms with E-state index in [0.29, 0.717) is 5.92 Å². The lowest BCUT2D eigenvalue weighted by Gasteiger charge is -2.18. The summed E-state index contributed by atoms with van der Waals surface area (Å²) < 4.78 is 5.83. The Labute approximate surface area is 99.8 Å². The van der Waals surface area contributed by atoms with E-state index >= 15 is 0 Å². The van der Waals surface area contributed by atoms with Crippen LogP contribution in [-0.4, -0.2) is 6.61 Å². The van der Waals surface area contributed by atoms with Gasteiger partial charge >= 0.3 is 0 Å². The molecule has 0 heterocycles. The molecule has 0 fully saturated rings. The summed E-state index contributed by atoms with van der Waals surface area (Å²) in [5.41, 5.74) is 2.76. The van der Waals surface area contributed by atoms with E-state index in [4.69, 9.17) is 4.74 Å². The van der Waals surface area contributed by atoms with Crippen LogP contribution >= 0.6 is 0 Å². The van der Waals surface area contributed by atoms with Crippen LogP contribution in [0.4, 0.5) is 0 Å². The van der Waals surface area contributed by atoms with Crippen molar-refractivity contribution in [3.05, 3.63) is 29.3 Å². The predicted octanol–water partition coefficient (Wildman–Crippen LogP) is 4.69. The maximum absolute atomic E-state index is 5.83. The molecule has 0 saturated carbocycles. The number of rotatable bonds is 6. The molecular formula is C15H24O. The molecule has 1 aromatic carbocycles. The van der Waals surface area contributed by atoms with Gasteiger partial charge in [0.1, 0.15) is 5.75 Å². The quantitative estimate of drug-likeness (QED) is 0.676. The highest BCUT2D eigenvalue weighted by Crippen LogP contribution is 2.32. The van der Waals surface area contributed by atoms with Gasteiger partial charge in [0.2, 0.25) is 0 Å². The van der Waals surface area contributed by atoms with Gasteiger partial charge in [-0.25, -0.2) is 0 Å². The minimum atomic E-state index is 0.595. The molecule has 1 atom stereocenters. The van der Waals surface area contributed by atoms with Crippen LogP contribution in [0.3, 0.4) is 0 Å². The summed E-state index contributed by atoms with van der Waals surface area (Å²) in [6.07, 6.45) is 3.52. The van der Waals surface area contributed by atoms with E-state index in [9.17, 15) is 0 Å². The van der Waals surface area contributed by atoms with Crippen molar-refractivity contribution in [3.63, 3.8) is 0 Å². The van der Waals surface area contributed by atoms with E-state index in [1.807, 2.05) is 0 Å². The van der Waals surface area contributed by atoms with Gasteiger partial charge in [-0.2, -0.15) is 0 Å². The average Bonchev–Trinajstić information content (AvgIpc) is 2.26. The van der Waals surface area contributed by atoms with E-state index < -0.39 is 0 Å². The number of hydrogen-bond donors (Lipinski definition) is 0. The van der Waals surface area contributed by atoms with Crippen LogP contribution < -0.4 is 4.74 Å². The smallest absolute Gasteiger partial charge is 0.123 e. The van der Waals surface area contributed by atoms with Crippen LogP contribution in [0.25, 0.3) is 0 Å². The second-order valence-electron chi connectivity index (χ2n) is 4.52. The van der Waals surface area contributed by atoms with Gasteiger partial charge < -0.3 is 4.74 Å². The van der Waals surface area contributed by atoms with Gasteiger partial charge in [-0.15, -0.1) is 0 Å². The lowest BCUT2D eigenvalue weighted by atomic mass is 9.92. The second kappa shape index (κ2) is 6.57. The van der Waals surface area contributed by atoms with Crippen molar-refractivity contribution >= 4 is 0 Å². The third-order valence-corrected chi connectivity index (χ3v) is 2.96. The molecule has 1 unspecified atom stereocenters. The third kappa shape index (κ3) is 3.26. The molecule has 1 rings (SSSR count). The van der Waals surface area contributed by atoms with E-state index in [1.165, 1.54) is 24.0 Å². The largest absolute Gasteiger partial charge is 0.493 e. The molecule has 0 aliphatic carbocycles. The van der Waals surface area contributed by atoms with Gasteiger partial charge in [0.15, 0.2) is 0 Å². The van der Waals surface area contributed by atoms with Crippen LogP contribution in [0.1, 0.15) is 57.1 Å². The minimum Gasteiger partial charge on any atom is -0.493 e. The first-order valence-electron chi connectivity index (χ1n) is 6.43. The minimum absolute atomic E-state index is 0.595. The van der Waals surface area contributed by atoms with Crippen molar-refractivity contribution < 1.29 is 4.74 Å². The second-order valence-corrected chi connectivity index (χ2v) is 4.52. The zero-order valence-corrected chi connectivity index (χ0v) is 11.0. The van der Waals surface area contributed by atoms with Gasteiger partial charge in [-0.05, 0) is 42.9 Å². The Hall–Kier alpha value is -0.980. The molecule has 1 heteroatoms. The maximum Gasteiger partial charge on any atom is 0.123 e. The lowest BCUT2D eigenvalue weighted by molar-refractivity contribution is 0.311. The zero-order valence-electron chi connectivity index (χ0n) is 11.0. The van der Waals surface area contributed by atoms with Crippen molar-refractivity contribution in [1.82, 2.24) is 0 Å². The Kier molecular flexibility index (Phi) is 5.37. The standard InChI is InChI=1S/C15H24O/c1-5-8-12(3)15-13(4)9-7-10-14(15)16-11-6-2/h7,9-10,12H,5-6,8,11H2,1-4H3. The summed E-state index contributed by atoms with van der Waals surface area (Å²) >= 11 is 0. The third-order valence-electron chi connectivity index (χ3n) is 2.96. The van der Waals surface area contributed by atoms with Gasteiger partial charge in [0.25, 0.3) is 0 Å². The topological polar surface area (TPSA) is 9.23 Å². The molecule has 16 heavy (non-hydrogen) atoms. The summed E-state index contributed by atoms with van der Waals surface area (Å²) in [5, 5.41) is 0. The molecule has 0 radical (unpaired) electrons. The summed E-state index contributed by atoms with van der Waals surface area (Å²) in [5.74, 6) is 1.68. The first-order chi connectivity index (χ1) is 7.70. The van der Waals surface area contributed by atoms with Crippen LogP contribution in [-0.2, 0) is 0 Å². The molecule has 0 saturated heterocycles. The fourth-order valence-electron chi connectivity index (χ4n) is 2.20. The summed E-state index contributed by atoms with van der Waals surface area (Å²) in [6, 6.07) is 6.37. The Morgan fingerprint density at radius 1 is 1.19 bits per heavy atom. The highest BCUT2D eigenvalue weighted by atomic mass is 16.5. The number of ether oxygens (including phenoxy) is 1. The molecular weight excluding hydrogens is 196 g/mol. The fourth-order valence-corrected chi connectivity index (χ4v) is 2.20. The van der Waals surface area contributed by atoms with E-state index in [0.717, 1.165) is 18.8 Å². The van der Waals surface area contributed by atoms with Crippen LogP contribution in [0.5, 0.6) is 5.75 Å². The van der Waals surface area contributed by atoms with Crippen molar-refractivity contribution in [3.8, 4) is 5.75 Å². The molecule has 0 aromatic heterocycles. The molecule has 0 amide bonds. The normalized spacial score (nSPS) is 12.5. The number of benzene rings is 1. The average molecular weight is 220 g/mol. The van der Waals surface area contributed by atoms with Crippen LogP contribution in [0, 0.1) is 6.92 Å². The summed E-state index contributed by atoms with van der Waals surface area (Å²) in [4.78, 5) is 0. The SMILES string of the molecule is CCCOc1cccc(C)c1C(C)CCC. The lowest BCUT2D eigenvalue weighted by Crippen LogP contribution is -2.03. The zero-order chi connectivity index (χ0) is 12.0. The van der Waals surface area contributed by atoms with Crippen LogP contribution in [0.15, 0.2) is 18.2 Å². The Morgan fingerprint density at radius 3 is 2.56 bits per heavy atom. The maximum atomic E-state index is 5.83. The Balaban J connectivity index is 2.93. The molecule has 90 valence electrons. The molecule has 0 aliphatic rings. The molecule has 0 bridgehead atoms. The van der Waals surface area contributed by atoms with Crippen molar-refractivity contribution in [2.24, 2.45) is 0 Å². The monoisotopic (exact) mass is 220 g/mol. The number of hydrogen-bond acceptors (Lipinski definition) is 1. The molecule has 0 N–H and O–H groups in total. The Bertz CT molecular complexity index is 317. The van der Waals surface area contributed by atoms with Gasteiger partial charge in [0, 0.05) is 0 Å². The predicted molar refractivity (Wildman–Crippen MR) is 70.3 cm³/mol. The van der Waals surface area contributed by atoms with Gasteiger partial charge in [-0.1, -0.05) is 39.3 Å². The van der Waals surface area contributed by atoms with E-state index in [2.05, 4.69) is 45.9 Å². The number of aryl methyl sites for hydroxylation is 1. The van der Waals surface area contributed by atoms with Crippen LogP contribution in [0.2, 0.25) is 0 Å².